The first-order valence-corrected chi connectivity index (χ1v) is 10.9. The molecule has 0 spiro atoms. The summed E-state index contributed by atoms with van der Waals surface area (Å²) >= 11 is 1.16. The highest BCUT2D eigenvalue weighted by molar-refractivity contribution is 7.13. The van der Waals surface area contributed by atoms with Crippen LogP contribution in [0.3, 0.4) is 0 Å². The number of aromatic nitrogens is 2. The lowest BCUT2D eigenvalue weighted by Crippen LogP contribution is -2.41. The minimum Gasteiger partial charge on any atom is -0.484 e. The molecule has 1 aromatic heterocycles. The van der Waals surface area contributed by atoms with Crippen molar-refractivity contribution in [2.24, 2.45) is 0 Å². The molecule has 7 nitrogen and oxygen atoms in total. The number of ether oxygens (including phenoxy) is 1. The molecule has 4 rings (SSSR count). The minimum atomic E-state index is -0.462. The van der Waals surface area contributed by atoms with E-state index in [0.29, 0.717) is 29.5 Å². The maximum absolute atomic E-state index is 13.3. The number of anilines is 1. The lowest BCUT2D eigenvalue weighted by molar-refractivity contribution is -0.134. The van der Waals surface area contributed by atoms with E-state index in [0.717, 1.165) is 24.2 Å². The third-order valence-electron chi connectivity index (χ3n) is 5.02. The molecule has 1 aliphatic rings. The molecule has 3 aromatic rings. The number of hydrogen-bond acceptors (Lipinski definition) is 6. The lowest BCUT2D eigenvalue weighted by Gasteiger charge is -2.31. The Labute approximate surface area is 187 Å². The number of rotatable bonds is 6. The fourth-order valence-electron chi connectivity index (χ4n) is 3.41. The normalized spacial score (nSPS) is 15.9. The predicted octanol–water partition coefficient (Wildman–Crippen LogP) is 3.85. The Hall–Kier alpha value is -3.40. The van der Waals surface area contributed by atoms with Crippen LogP contribution >= 0.6 is 11.3 Å². The summed E-state index contributed by atoms with van der Waals surface area (Å²) in [6.07, 6.45) is 1.61. The van der Waals surface area contributed by atoms with Gasteiger partial charge in [0.25, 0.3) is 11.8 Å². The highest BCUT2D eigenvalue weighted by Crippen LogP contribution is 2.29. The van der Waals surface area contributed by atoms with Crippen LogP contribution in [0, 0.1) is 11.6 Å². The summed E-state index contributed by atoms with van der Waals surface area (Å²) in [7, 11) is 0. The van der Waals surface area contributed by atoms with Gasteiger partial charge in [0.2, 0.25) is 5.01 Å². The second-order valence-corrected chi connectivity index (χ2v) is 8.34. The van der Waals surface area contributed by atoms with Crippen LogP contribution in [0.15, 0.2) is 48.5 Å². The molecular formula is C22H20F2N4O3S. The number of nitrogens with one attached hydrogen (secondary N) is 1. The summed E-state index contributed by atoms with van der Waals surface area (Å²) in [5, 5.41) is 11.6. The summed E-state index contributed by atoms with van der Waals surface area (Å²) in [5.74, 6) is -1.07. The van der Waals surface area contributed by atoms with E-state index in [1.807, 2.05) is 0 Å². The number of piperidine rings is 1. The van der Waals surface area contributed by atoms with Gasteiger partial charge in [-0.3, -0.25) is 9.59 Å². The number of hydrogen-bond donors (Lipinski definition) is 1. The van der Waals surface area contributed by atoms with E-state index in [4.69, 9.17) is 4.74 Å². The molecule has 1 fully saturated rings. The van der Waals surface area contributed by atoms with Crippen LogP contribution < -0.4 is 10.1 Å². The fourth-order valence-corrected chi connectivity index (χ4v) is 4.28. The predicted molar refractivity (Wildman–Crippen MR) is 115 cm³/mol. The molecule has 2 aromatic carbocycles. The van der Waals surface area contributed by atoms with Crippen LogP contribution in [0.5, 0.6) is 5.75 Å². The van der Waals surface area contributed by atoms with E-state index in [2.05, 4.69) is 15.5 Å². The van der Waals surface area contributed by atoms with Gasteiger partial charge in [-0.1, -0.05) is 17.4 Å². The Morgan fingerprint density at radius 3 is 2.72 bits per heavy atom. The van der Waals surface area contributed by atoms with Crippen LogP contribution in [-0.2, 0) is 4.79 Å². The van der Waals surface area contributed by atoms with Crippen LogP contribution in [0.2, 0.25) is 0 Å². The number of amides is 2. The Bertz CT molecular complexity index is 1110. The van der Waals surface area contributed by atoms with Crippen molar-refractivity contribution in [3.63, 3.8) is 0 Å². The Morgan fingerprint density at radius 1 is 1.12 bits per heavy atom. The first-order valence-electron chi connectivity index (χ1n) is 10.0. The first-order chi connectivity index (χ1) is 15.5. The molecule has 0 radical (unpaired) electrons. The molecule has 1 atom stereocenters. The van der Waals surface area contributed by atoms with E-state index in [1.54, 1.807) is 11.0 Å². The zero-order valence-corrected chi connectivity index (χ0v) is 17.8. The standard InChI is InChI=1S/C22H20F2N4O3S/c23-15-6-8-18(9-7-15)31-13-19(29)28-10-2-3-14(12-28)21-26-27-22(32-21)20(30)25-17-5-1-4-16(24)11-17/h1,4-9,11,14H,2-3,10,12-13H2,(H,25,30)/t14-/m1/s1. The zero-order chi connectivity index (χ0) is 22.5. The summed E-state index contributed by atoms with van der Waals surface area (Å²) in [6, 6.07) is 11.1. The van der Waals surface area contributed by atoms with E-state index < -0.39 is 11.7 Å². The van der Waals surface area contributed by atoms with E-state index in [-0.39, 0.29) is 29.3 Å². The summed E-state index contributed by atoms with van der Waals surface area (Å²) in [4.78, 5) is 26.7. The molecule has 0 aliphatic carbocycles. The molecule has 1 N–H and O–H groups in total. The van der Waals surface area contributed by atoms with Gasteiger partial charge in [-0.2, -0.15) is 0 Å². The molecule has 0 saturated carbocycles. The van der Waals surface area contributed by atoms with Gasteiger partial charge in [0.15, 0.2) is 6.61 Å². The van der Waals surface area contributed by atoms with Crippen LogP contribution in [0.1, 0.15) is 33.6 Å². The number of carbonyl (C=O) groups is 2. The van der Waals surface area contributed by atoms with Gasteiger partial charge in [0, 0.05) is 24.7 Å². The molecule has 10 heteroatoms. The summed E-state index contributed by atoms with van der Waals surface area (Å²) < 4.78 is 31.7. The number of likely N-dealkylation sites (tertiary alicyclic amines) is 1. The van der Waals surface area contributed by atoms with Gasteiger partial charge in [0.1, 0.15) is 22.4 Å². The van der Waals surface area contributed by atoms with Gasteiger partial charge in [0.05, 0.1) is 0 Å². The van der Waals surface area contributed by atoms with Crippen molar-refractivity contribution >= 4 is 28.8 Å². The van der Waals surface area contributed by atoms with Crippen LogP contribution in [-0.4, -0.2) is 46.6 Å². The highest BCUT2D eigenvalue weighted by atomic mass is 32.1. The molecule has 0 bridgehead atoms. The Balaban J connectivity index is 1.34. The van der Waals surface area contributed by atoms with E-state index in [9.17, 15) is 18.4 Å². The van der Waals surface area contributed by atoms with E-state index >= 15 is 0 Å². The quantitative estimate of drug-likeness (QED) is 0.607. The van der Waals surface area contributed by atoms with E-state index in [1.165, 1.54) is 42.5 Å². The highest BCUT2D eigenvalue weighted by Gasteiger charge is 2.28. The van der Waals surface area contributed by atoms with Crippen molar-refractivity contribution in [3.05, 3.63) is 70.2 Å². The zero-order valence-electron chi connectivity index (χ0n) is 17.0. The monoisotopic (exact) mass is 458 g/mol. The average molecular weight is 458 g/mol. The molecular weight excluding hydrogens is 438 g/mol. The molecule has 0 unspecified atom stereocenters. The van der Waals surface area contributed by atoms with Crippen molar-refractivity contribution in [1.29, 1.82) is 0 Å². The Kier molecular flexibility index (Phi) is 6.69. The van der Waals surface area contributed by atoms with Crippen molar-refractivity contribution < 1.29 is 23.1 Å². The number of nitrogens with zero attached hydrogens (tertiary/aromatic N) is 3. The number of carbonyl (C=O) groups excluding carboxylic acids is 2. The lowest BCUT2D eigenvalue weighted by atomic mass is 9.99. The van der Waals surface area contributed by atoms with Gasteiger partial charge in [-0.05, 0) is 55.3 Å². The SMILES string of the molecule is O=C(Nc1cccc(F)c1)c1nnc([C@@H]2CCCN(C(=O)COc3ccc(F)cc3)C2)s1. The maximum atomic E-state index is 13.3. The summed E-state index contributed by atoms with van der Waals surface area (Å²) in [5.41, 5.74) is 0.336. The van der Waals surface area contributed by atoms with Gasteiger partial charge in [-0.15, -0.1) is 10.2 Å². The molecule has 2 amide bonds. The molecule has 32 heavy (non-hydrogen) atoms. The number of halogens is 2. The molecule has 2 heterocycles. The molecule has 1 saturated heterocycles. The average Bonchev–Trinajstić information content (AvgIpc) is 3.29. The second kappa shape index (κ2) is 9.82. The van der Waals surface area contributed by atoms with Crippen molar-refractivity contribution in [2.45, 2.75) is 18.8 Å². The fraction of sp³-hybridized carbons (Fsp3) is 0.273. The van der Waals surface area contributed by atoms with Crippen molar-refractivity contribution in [3.8, 4) is 5.75 Å². The van der Waals surface area contributed by atoms with Crippen molar-refractivity contribution in [1.82, 2.24) is 15.1 Å². The maximum Gasteiger partial charge on any atom is 0.286 e. The first kappa shape index (κ1) is 21.8. The largest absolute Gasteiger partial charge is 0.484 e. The molecule has 1 aliphatic heterocycles. The third-order valence-corrected chi connectivity index (χ3v) is 6.10. The second-order valence-electron chi connectivity index (χ2n) is 7.33. The van der Waals surface area contributed by atoms with Crippen LogP contribution in [0.25, 0.3) is 0 Å². The summed E-state index contributed by atoms with van der Waals surface area (Å²) in [6.45, 7) is 0.912. The Morgan fingerprint density at radius 2 is 1.94 bits per heavy atom. The van der Waals surface area contributed by atoms with Gasteiger partial charge in [-0.25, -0.2) is 8.78 Å². The van der Waals surface area contributed by atoms with Gasteiger partial charge < -0.3 is 15.0 Å². The minimum absolute atomic E-state index is 0.0354. The van der Waals surface area contributed by atoms with Crippen molar-refractivity contribution in [2.75, 3.05) is 25.0 Å². The third kappa shape index (κ3) is 5.44. The van der Waals surface area contributed by atoms with Gasteiger partial charge >= 0.3 is 0 Å². The number of benzene rings is 2. The van der Waals surface area contributed by atoms with Crippen LogP contribution in [0.4, 0.5) is 14.5 Å². The smallest absolute Gasteiger partial charge is 0.286 e. The molecule has 166 valence electrons. The topological polar surface area (TPSA) is 84.4 Å².